The fraction of sp³-hybridized carbons (Fsp3) is 0.381. The lowest BCUT2D eigenvalue weighted by molar-refractivity contribution is 0.288. The molecule has 0 heterocycles. The van der Waals surface area contributed by atoms with Gasteiger partial charge in [0.15, 0.2) is 0 Å². The molecule has 0 aliphatic rings. The first-order valence-electron chi connectivity index (χ1n) is 9.03. The summed E-state index contributed by atoms with van der Waals surface area (Å²) in [7, 11) is -3.81. The van der Waals surface area contributed by atoms with E-state index in [0.29, 0.717) is 17.3 Å². The average Bonchev–Trinajstić information content (AvgIpc) is 2.54. The highest BCUT2D eigenvalue weighted by atomic mass is 35.5. The molecule has 0 spiro atoms. The van der Waals surface area contributed by atoms with Gasteiger partial charge < -0.3 is 4.90 Å². The van der Waals surface area contributed by atoms with Gasteiger partial charge in [0.2, 0.25) is 0 Å². The van der Waals surface area contributed by atoms with Crippen LogP contribution in [0.1, 0.15) is 38.8 Å². The normalized spacial score (nSPS) is 12.7. The molecule has 2 aromatic rings. The van der Waals surface area contributed by atoms with E-state index >= 15 is 0 Å². The number of aryl methyl sites for hydroxylation is 1. The van der Waals surface area contributed by atoms with Gasteiger partial charge in [-0.3, -0.25) is 0 Å². The van der Waals surface area contributed by atoms with Gasteiger partial charge in [-0.25, -0.2) is 0 Å². The van der Waals surface area contributed by atoms with Gasteiger partial charge in [0.25, 0.3) is 10.0 Å². The minimum Gasteiger partial charge on any atom is -0.354 e. The maximum absolute atomic E-state index is 12.9. The van der Waals surface area contributed by atoms with Crippen molar-refractivity contribution in [1.82, 2.24) is 4.90 Å². The van der Waals surface area contributed by atoms with Crippen LogP contribution in [0, 0.1) is 6.92 Å². The summed E-state index contributed by atoms with van der Waals surface area (Å²) in [5.41, 5.74) is 1.93. The Morgan fingerprint density at radius 1 is 1.04 bits per heavy atom. The summed E-state index contributed by atoms with van der Waals surface area (Å²) in [5, 5.41) is 0.619. The Hall–Kier alpha value is -1.85. The van der Waals surface area contributed by atoms with Gasteiger partial charge in [-0.1, -0.05) is 41.4 Å². The predicted octanol–water partition coefficient (Wildman–Crippen LogP) is 5.10. The van der Waals surface area contributed by atoms with Crippen molar-refractivity contribution >= 4 is 27.5 Å². The summed E-state index contributed by atoms with van der Waals surface area (Å²) in [6, 6.07) is 14.4. The Morgan fingerprint density at radius 3 is 2.15 bits per heavy atom. The van der Waals surface area contributed by atoms with Crippen LogP contribution in [0.4, 0.5) is 0 Å². The Kier molecular flexibility index (Phi) is 7.06. The van der Waals surface area contributed by atoms with E-state index < -0.39 is 10.0 Å². The van der Waals surface area contributed by atoms with E-state index in [1.54, 1.807) is 30.3 Å². The molecular weight excluding hydrogens is 380 g/mol. The number of nitrogens with zero attached hydrogens (tertiary/aromatic N) is 2. The molecule has 0 aliphatic carbocycles. The SMILES string of the molecule is Cc1ccc(S(=O)(=O)/N=C(/Cc2cccc(Cl)c2)N(C(C)C)C(C)C)cc1. The van der Waals surface area contributed by atoms with Crippen molar-refractivity contribution in [3.05, 3.63) is 64.7 Å². The second-order valence-corrected chi connectivity index (χ2v) is 9.24. The molecule has 0 saturated heterocycles. The van der Waals surface area contributed by atoms with E-state index in [-0.39, 0.29) is 17.0 Å². The summed E-state index contributed by atoms with van der Waals surface area (Å²) >= 11 is 6.11. The van der Waals surface area contributed by atoms with Crippen molar-refractivity contribution in [2.24, 2.45) is 4.40 Å². The molecule has 0 bridgehead atoms. The first kappa shape index (κ1) is 21.5. The van der Waals surface area contributed by atoms with Crippen molar-refractivity contribution in [3.8, 4) is 0 Å². The zero-order valence-electron chi connectivity index (χ0n) is 16.5. The van der Waals surface area contributed by atoms with Gasteiger partial charge in [0, 0.05) is 23.5 Å². The smallest absolute Gasteiger partial charge is 0.283 e. The summed E-state index contributed by atoms with van der Waals surface area (Å²) < 4.78 is 30.1. The topological polar surface area (TPSA) is 49.7 Å². The summed E-state index contributed by atoms with van der Waals surface area (Å²) in [4.78, 5) is 2.23. The highest BCUT2D eigenvalue weighted by Crippen LogP contribution is 2.19. The van der Waals surface area contributed by atoms with Crippen LogP contribution in [0.15, 0.2) is 57.8 Å². The van der Waals surface area contributed by atoms with Crippen LogP contribution in [-0.2, 0) is 16.4 Å². The van der Waals surface area contributed by atoms with Crippen LogP contribution in [0.2, 0.25) is 5.02 Å². The van der Waals surface area contributed by atoms with Gasteiger partial charge >= 0.3 is 0 Å². The maximum atomic E-state index is 12.9. The van der Waals surface area contributed by atoms with Gasteiger partial charge in [-0.05, 0) is 64.4 Å². The van der Waals surface area contributed by atoms with E-state index in [9.17, 15) is 8.42 Å². The Bertz CT molecular complexity index is 896. The molecular formula is C21H27ClN2O2S. The number of rotatable bonds is 6. The van der Waals surface area contributed by atoms with Crippen LogP contribution >= 0.6 is 11.6 Å². The molecule has 4 nitrogen and oxygen atoms in total. The van der Waals surface area contributed by atoms with Crippen molar-refractivity contribution in [3.63, 3.8) is 0 Å². The molecule has 0 fully saturated rings. The number of hydrogen-bond acceptors (Lipinski definition) is 2. The lowest BCUT2D eigenvalue weighted by Gasteiger charge is -2.34. The third-order valence-electron chi connectivity index (χ3n) is 4.21. The minimum atomic E-state index is -3.81. The largest absolute Gasteiger partial charge is 0.354 e. The lowest BCUT2D eigenvalue weighted by Crippen LogP contribution is -2.43. The molecule has 0 amide bonds. The molecule has 0 atom stereocenters. The molecule has 6 heteroatoms. The number of hydrogen-bond donors (Lipinski definition) is 0. The second kappa shape index (κ2) is 8.89. The van der Waals surface area contributed by atoms with E-state index in [1.165, 1.54) is 0 Å². The molecule has 0 N–H and O–H groups in total. The Balaban J connectivity index is 2.53. The Labute approximate surface area is 167 Å². The first-order chi connectivity index (χ1) is 12.6. The highest BCUT2D eigenvalue weighted by Gasteiger charge is 2.23. The molecule has 0 saturated carbocycles. The molecule has 2 rings (SSSR count). The Morgan fingerprint density at radius 2 is 1.63 bits per heavy atom. The fourth-order valence-electron chi connectivity index (χ4n) is 3.09. The molecule has 0 aromatic heterocycles. The van der Waals surface area contributed by atoms with Gasteiger partial charge in [-0.2, -0.15) is 8.42 Å². The van der Waals surface area contributed by atoms with Crippen LogP contribution in [-0.4, -0.2) is 31.2 Å². The van der Waals surface area contributed by atoms with E-state index in [2.05, 4.69) is 4.40 Å². The highest BCUT2D eigenvalue weighted by molar-refractivity contribution is 7.90. The zero-order chi connectivity index (χ0) is 20.2. The monoisotopic (exact) mass is 406 g/mol. The number of halogens is 1. The number of benzene rings is 2. The van der Waals surface area contributed by atoms with E-state index in [0.717, 1.165) is 11.1 Å². The van der Waals surface area contributed by atoms with Crippen LogP contribution in [0.25, 0.3) is 0 Å². The van der Waals surface area contributed by atoms with Gasteiger partial charge in [-0.15, -0.1) is 4.40 Å². The van der Waals surface area contributed by atoms with E-state index in [4.69, 9.17) is 11.6 Å². The van der Waals surface area contributed by atoms with Crippen LogP contribution in [0.3, 0.4) is 0 Å². The summed E-state index contributed by atoms with van der Waals surface area (Å²) in [6.07, 6.45) is 0.391. The second-order valence-electron chi connectivity index (χ2n) is 7.20. The van der Waals surface area contributed by atoms with Crippen molar-refractivity contribution in [2.45, 2.75) is 58.0 Å². The number of sulfonamides is 1. The molecule has 0 radical (unpaired) electrons. The van der Waals surface area contributed by atoms with Gasteiger partial charge in [0.05, 0.1) is 4.90 Å². The molecule has 0 aliphatic heterocycles. The molecule has 146 valence electrons. The fourth-order valence-corrected chi connectivity index (χ4v) is 4.33. The van der Waals surface area contributed by atoms with Crippen LogP contribution < -0.4 is 0 Å². The summed E-state index contributed by atoms with van der Waals surface area (Å²) in [6.45, 7) is 10.1. The van der Waals surface area contributed by atoms with Crippen molar-refractivity contribution < 1.29 is 8.42 Å². The lowest BCUT2D eigenvalue weighted by atomic mass is 10.1. The molecule has 27 heavy (non-hydrogen) atoms. The minimum absolute atomic E-state index is 0.108. The predicted molar refractivity (Wildman–Crippen MR) is 113 cm³/mol. The third kappa shape index (κ3) is 5.81. The summed E-state index contributed by atoms with van der Waals surface area (Å²) in [5.74, 6) is 0.517. The van der Waals surface area contributed by atoms with E-state index in [1.807, 2.05) is 57.7 Å². The van der Waals surface area contributed by atoms with Crippen LogP contribution in [0.5, 0.6) is 0 Å². The quantitative estimate of drug-likeness (QED) is 0.495. The average molecular weight is 407 g/mol. The molecule has 0 unspecified atom stereocenters. The third-order valence-corrected chi connectivity index (χ3v) is 5.76. The number of amidine groups is 1. The maximum Gasteiger partial charge on any atom is 0.283 e. The standard InChI is InChI=1S/C21H27ClN2O2S/c1-15(2)24(16(3)4)21(14-18-7-6-8-19(22)13-18)23-27(25,26)20-11-9-17(5)10-12-20/h6-13,15-16H,14H2,1-5H3/b23-21-. The van der Waals surface area contributed by atoms with Crippen molar-refractivity contribution in [1.29, 1.82) is 0 Å². The first-order valence-corrected chi connectivity index (χ1v) is 10.8. The van der Waals surface area contributed by atoms with Crippen molar-refractivity contribution in [2.75, 3.05) is 0 Å². The zero-order valence-corrected chi connectivity index (χ0v) is 18.1. The van der Waals surface area contributed by atoms with Gasteiger partial charge in [0.1, 0.15) is 5.84 Å². The molecule has 2 aromatic carbocycles.